The fourth-order valence-corrected chi connectivity index (χ4v) is 4.77. The Kier molecular flexibility index (Phi) is 7.61. The van der Waals surface area contributed by atoms with Crippen molar-refractivity contribution in [1.29, 1.82) is 0 Å². The molecule has 2 fully saturated rings. The van der Waals surface area contributed by atoms with E-state index in [0.717, 1.165) is 23.2 Å². The number of benzene rings is 1. The second-order valence-corrected chi connectivity index (χ2v) is 11.8. The van der Waals surface area contributed by atoms with Crippen LogP contribution in [0.25, 0.3) is 11.1 Å². The van der Waals surface area contributed by atoms with Crippen LogP contribution in [-0.2, 0) is 26.4 Å². The summed E-state index contributed by atoms with van der Waals surface area (Å²) >= 11 is 0. The quantitative estimate of drug-likeness (QED) is 0.513. The van der Waals surface area contributed by atoms with Crippen molar-refractivity contribution in [1.82, 2.24) is 9.88 Å². The van der Waals surface area contributed by atoms with Crippen molar-refractivity contribution in [3.8, 4) is 11.1 Å². The summed E-state index contributed by atoms with van der Waals surface area (Å²) in [6.45, 7) is 7.68. The van der Waals surface area contributed by atoms with Gasteiger partial charge in [0.1, 0.15) is 41.2 Å². The van der Waals surface area contributed by atoms with Crippen molar-refractivity contribution < 1.29 is 42.1 Å². The Morgan fingerprint density at radius 2 is 1.80 bits per heavy atom. The molecule has 0 spiro atoms. The molecule has 40 heavy (non-hydrogen) atoms. The molecule has 1 aromatic carbocycles. The van der Waals surface area contributed by atoms with E-state index in [1.54, 1.807) is 41.5 Å². The zero-order chi connectivity index (χ0) is 29.6. The maximum atomic E-state index is 15.9. The molecule has 1 saturated carbocycles. The molecule has 1 unspecified atom stereocenters. The highest BCUT2D eigenvalue weighted by Gasteiger charge is 2.67. The number of amidine groups is 1. The van der Waals surface area contributed by atoms with Crippen molar-refractivity contribution in [2.24, 2.45) is 10.9 Å². The molecule has 2 heterocycles. The number of aromatic nitrogens is 1. The van der Waals surface area contributed by atoms with Gasteiger partial charge in [0, 0.05) is 23.2 Å². The Morgan fingerprint density at radius 3 is 2.38 bits per heavy atom. The summed E-state index contributed by atoms with van der Waals surface area (Å²) in [4.78, 5) is 34.7. The minimum atomic E-state index is -2.06. The van der Waals surface area contributed by atoms with Gasteiger partial charge in [-0.25, -0.2) is 27.7 Å². The third-order valence-corrected chi connectivity index (χ3v) is 6.40. The first-order valence-corrected chi connectivity index (χ1v) is 12.7. The molecule has 0 radical (unpaired) electrons. The molecule has 2 aliphatic rings. The van der Waals surface area contributed by atoms with E-state index in [0.29, 0.717) is 0 Å². The first-order chi connectivity index (χ1) is 18.6. The molecule has 12 heteroatoms. The Hall–Kier alpha value is -3.67. The number of aliphatic imine (C=N–C) groups is 1. The Morgan fingerprint density at radius 1 is 1.12 bits per heavy atom. The Balaban J connectivity index is 1.95. The minimum absolute atomic E-state index is 0.0912. The van der Waals surface area contributed by atoms with Crippen LogP contribution < -0.4 is 0 Å². The minimum Gasteiger partial charge on any atom is -0.461 e. The van der Waals surface area contributed by atoms with Crippen LogP contribution in [-0.4, -0.2) is 57.2 Å². The molecule has 9 nitrogen and oxygen atoms in total. The summed E-state index contributed by atoms with van der Waals surface area (Å²) < 4.78 is 62.0. The number of carbonyl (C=O) groups excluding carboxylic acids is 2. The molecule has 1 N–H and O–H groups in total. The van der Waals surface area contributed by atoms with Crippen LogP contribution >= 0.6 is 0 Å². The highest BCUT2D eigenvalue weighted by atomic mass is 19.1. The van der Waals surface area contributed by atoms with Crippen molar-refractivity contribution in [3.63, 3.8) is 0 Å². The number of halogens is 3. The van der Waals surface area contributed by atoms with Crippen LogP contribution in [0.3, 0.4) is 0 Å². The number of aliphatic hydroxyl groups is 1. The first-order valence-electron chi connectivity index (χ1n) is 12.7. The van der Waals surface area contributed by atoms with Gasteiger partial charge in [0.05, 0.1) is 12.8 Å². The summed E-state index contributed by atoms with van der Waals surface area (Å²) in [7, 11) is 0. The number of carbonyl (C=O) groups is 2. The number of pyridine rings is 1. The van der Waals surface area contributed by atoms with Gasteiger partial charge in [0.15, 0.2) is 0 Å². The van der Waals surface area contributed by atoms with Gasteiger partial charge < -0.3 is 19.3 Å². The molecular weight excluding hydrogens is 531 g/mol. The first kappa shape index (κ1) is 29.3. The summed E-state index contributed by atoms with van der Waals surface area (Å²) in [5.41, 5.74) is -3.87. The Labute approximate surface area is 230 Å². The van der Waals surface area contributed by atoms with Crippen molar-refractivity contribution in [3.05, 3.63) is 53.4 Å². The summed E-state index contributed by atoms with van der Waals surface area (Å²) in [5, 5.41) is 9.93. The van der Waals surface area contributed by atoms with E-state index in [1.165, 1.54) is 12.3 Å². The van der Waals surface area contributed by atoms with Crippen LogP contribution in [0.5, 0.6) is 0 Å². The fourth-order valence-electron chi connectivity index (χ4n) is 4.77. The van der Waals surface area contributed by atoms with E-state index in [9.17, 15) is 19.1 Å². The van der Waals surface area contributed by atoms with E-state index in [2.05, 4.69) is 9.98 Å². The third kappa shape index (κ3) is 5.77. The summed E-state index contributed by atoms with van der Waals surface area (Å²) in [6, 6.07) is 2.79. The van der Waals surface area contributed by atoms with Gasteiger partial charge in [0.25, 0.3) is 0 Å². The van der Waals surface area contributed by atoms with Crippen LogP contribution in [0.4, 0.5) is 22.8 Å². The van der Waals surface area contributed by atoms with Crippen molar-refractivity contribution in [2.75, 3.05) is 6.67 Å². The molecule has 1 aliphatic heterocycles. The third-order valence-electron chi connectivity index (χ3n) is 6.40. The topological polar surface area (TPSA) is 111 Å². The largest absolute Gasteiger partial charge is 0.461 e. The molecule has 1 aromatic heterocycles. The van der Waals surface area contributed by atoms with Crippen LogP contribution in [0.15, 0.2) is 35.6 Å². The normalized spacial score (nSPS) is 23.4. The van der Waals surface area contributed by atoms with Gasteiger partial charge in [-0.05, 0) is 77.3 Å². The number of amides is 2. The lowest BCUT2D eigenvalue weighted by Gasteiger charge is -2.45. The lowest BCUT2D eigenvalue weighted by molar-refractivity contribution is -0.0218. The standard InChI is InChI=1S/C28H32F3N3O6/c1-26(2,3)39-24(36)33-23-34(25(37)40-27(4,5)6)28(14-29,20-10-22(20)38-23)19-9-18(16(13-35)8-21(19)31)15-7-17(30)12-32-11-15/h7-9,11-12,20,22,35H,10,13-14H2,1-6H3/t20?,22-,28-/m1/s1. The molecule has 4 rings (SSSR count). The maximum absolute atomic E-state index is 15.9. The number of hydrogen-bond donors (Lipinski definition) is 1. The number of hydrogen-bond acceptors (Lipinski definition) is 7. The van der Waals surface area contributed by atoms with Gasteiger partial charge in [-0.1, -0.05) is 0 Å². The average molecular weight is 564 g/mol. The molecule has 0 bridgehead atoms. The number of ether oxygens (including phenoxy) is 3. The molecule has 3 atom stereocenters. The van der Waals surface area contributed by atoms with Crippen LogP contribution in [0.1, 0.15) is 59.1 Å². The molecule has 2 amide bonds. The SMILES string of the molecule is CC(C)(C)OC(=O)N=C1O[C@@H]2CC2[C@@](CF)(c2cc(-c3cncc(F)c3)c(CO)cc2F)N1C(=O)OC(C)(C)C. The van der Waals surface area contributed by atoms with Gasteiger partial charge in [0.2, 0.25) is 0 Å². The number of alkyl halides is 1. The highest BCUT2D eigenvalue weighted by molar-refractivity contribution is 5.98. The van der Waals surface area contributed by atoms with Crippen LogP contribution in [0.2, 0.25) is 0 Å². The van der Waals surface area contributed by atoms with Gasteiger partial charge in [-0.15, -0.1) is 4.99 Å². The van der Waals surface area contributed by atoms with Gasteiger partial charge in [-0.2, -0.15) is 0 Å². The monoisotopic (exact) mass is 563 g/mol. The summed E-state index contributed by atoms with van der Waals surface area (Å²) in [5.74, 6) is -2.36. The highest BCUT2D eigenvalue weighted by Crippen LogP contribution is 2.56. The summed E-state index contributed by atoms with van der Waals surface area (Å²) in [6.07, 6.45) is -0.414. The van der Waals surface area contributed by atoms with E-state index in [4.69, 9.17) is 14.2 Å². The molecule has 1 saturated heterocycles. The van der Waals surface area contributed by atoms with E-state index in [1.807, 2.05) is 0 Å². The molecular formula is C28H32F3N3O6. The zero-order valence-corrected chi connectivity index (χ0v) is 23.1. The predicted octanol–water partition coefficient (Wildman–Crippen LogP) is 5.63. The lowest BCUT2D eigenvalue weighted by Crippen LogP contribution is -2.61. The number of nitrogens with zero attached hydrogens (tertiary/aromatic N) is 3. The van der Waals surface area contributed by atoms with Crippen molar-refractivity contribution >= 4 is 18.2 Å². The van der Waals surface area contributed by atoms with Gasteiger partial charge in [-0.3, -0.25) is 4.98 Å². The average Bonchev–Trinajstić information content (AvgIpc) is 3.60. The number of aliphatic hydroxyl groups excluding tert-OH is 1. The fraction of sp³-hybridized carbons (Fsp3) is 0.500. The van der Waals surface area contributed by atoms with E-state index < -0.39 is 71.9 Å². The lowest BCUT2D eigenvalue weighted by atomic mass is 9.81. The van der Waals surface area contributed by atoms with Crippen LogP contribution in [0, 0.1) is 17.6 Å². The molecule has 2 aromatic rings. The zero-order valence-electron chi connectivity index (χ0n) is 23.1. The number of fused-ring (bicyclic) bond motifs is 1. The molecule has 216 valence electrons. The number of rotatable bonds is 4. The second kappa shape index (κ2) is 10.4. The van der Waals surface area contributed by atoms with E-state index in [-0.39, 0.29) is 28.7 Å². The Bertz CT molecular complexity index is 1350. The van der Waals surface area contributed by atoms with E-state index >= 15 is 8.78 Å². The second-order valence-electron chi connectivity index (χ2n) is 11.8. The predicted molar refractivity (Wildman–Crippen MR) is 138 cm³/mol. The maximum Gasteiger partial charge on any atom is 0.438 e. The smallest absolute Gasteiger partial charge is 0.438 e. The molecule has 1 aliphatic carbocycles. The van der Waals surface area contributed by atoms with Gasteiger partial charge >= 0.3 is 18.2 Å². The van der Waals surface area contributed by atoms with Crippen molar-refractivity contribution in [2.45, 2.75) is 77.4 Å².